The molecule has 15 heavy (non-hydrogen) atoms. The van der Waals surface area contributed by atoms with E-state index in [2.05, 4.69) is 0 Å². The Morgan fingerprint density at radius 2 is 2.27 bits per heavy atom. The summed E-state index contributed by atoms with van der Waals surface area (Å²) >= 11 is 0. The highest BCUT2D eigenvalue weighted by Gasteiger charge is 2.19. The van der Waals surface area contributed by atoms with E-state index in [1.807, 2.05) is 18.2 Å². The molecule has 0 spiro atoms. The van der Waals surface area contributed by atoms with Crippen LogP contribution in [0.3, 0.4) is 0 Å². The largest absolute Gasteiger partial charge is 0.478 e. The minimum absolute atomic E-state index is 0.0324. The summed E-state index contributed by atoms with van der Waals surface area (Å²) in [6.07, 6.45) is 2.36. The fraction of sp³-hybridized carbons (Fsp3) is 0.333. The number of nitriles is 1. The van der Waals surface area contributed by atoms with Gasteiger partial charge in [0.25, 0.3) is 0 Å². The fourth-order valence-electron chi connectivity index (χ4n) is 1.89. The van der Waals surface area contributed by atoms with Gasteiger partial charge in [0.1, 0.15) is 11.8 Å². The highest BCUT2D eigenvalue weighted by atomic mass is 16.5. The molecule has 0 amide bonds. The van der Waals surface area contributed by atoms with Crippen LogP contribution in [0.5, 0.6) is 5.75 Å². The van der Waals surface area contributed by atoms with Crippen molar-refractivity contribution in [3.8, 4) is 11.8 Å². The maximum absolute atomic E-state index is 11.6. The van der Waals surface area contributed by atoms with E-state index < -0.39 is 0 Å². The summed E-state index contributed by atoms with van der Waals surface area (Å²) in [5.74, 6) is 0.862. The van der Waals surface area contributed by atoms with Crippen molar-refractivity contribution in [3.63, 3.8) is 0 Å². The second-order valence-corrected chi connectivity index (χ2v) is 3.51. The topological polar surface area (TPSA) is 50.1 Å². The second-order valence-electron chi connectivity index (χ2n) is 3.51. The van der Waals surface area contributed by atoms with Crippen LogP contribution in [0.15, 0.2) is 18.2 Å². The Hall–Kier alpha value is -1.82. The summed E-state index contributed by atoms with van der Waals surface area (Å²) in [5, 5.41) is 8.44. The third-order valence-corrected chi connectivity index (χ3v) is 2.56. The van der Waals surface area contributed by atoms with E-state index in [0.717, 1.165) is 24.0 Å². The first-order valence-electron chi connectivity index (χ1n) is 4.98. The average molecular weight is 201 g/mol. The Kier molecular flexibility index (Phi) is 2.68. The Balaban J connectivity index is 2.36. The molecule has 0 aromatic heterocycles. The quantitative estimate of drug-likeness (QED) is 0.736. The number of rotatable bonds is 2. The van der Waals surface area contributed by atoms with Crippen molar-refractivity contribution in [3.05, 3.63) is 29.3 Å². The minimum Gasteiger partial charge on any atom is -0.478 e. The summed E-state index contributed by atoms with van der Waals surface area (Å²) in [7, 11) is 0. The molecule has 3 nitrogen and oxygen atoms in total. The molecule has 0 unspecified atom stereocenters. The Morgan fingerprint density at radius 3 is 3.07 bits per heavy atom. The maximum atomic E-state index is 11.6. The zero-order chi connectivity index (χ0) is 10.7. The van der Waals surface area contributed by atoms with Crippen molar-refractivity contribution >= 4 is 5.78 Å². The van der Waals surface area contributed by atoms with E-state index >= 15 is 0 Å². The van der Waals surface area contributed by atoms with Gasteiger partial charge in [-0.05, 0) is 18.9 Å². The summed E-state index contributed by atoms with van der Waals surface area (Å²) in [6.45, 7) is 0.0324. The molecule has 1 aromatic rings. The molecule has 76 valence electrons. The number of hydrogen-bond donors (Lipinski definition) is 0. The van der Waals surface area contributed by atoms with Crippen LogP contribution in [0, 0.1) is 11.3 Å². The van der Waals surface area contributed by atoms with Gasteiger partial charge in [0.05, 0.1) is 0 Å². The van der Waals surface area contributed by atoms with E-state index in [1.165, 1.54) is 0 Å². The lowest BCUT2D eigenvalue weighted by atomic mass is 9.90. The number of benzene rings is 1. The molecular weight excluding hydrogens is 190 g/mol. The van der Waals surface area contributed by atoms with E-state index in [9.17, 15) is 4.79 Å². The smallest absolute Gasteiger partial charge is 0.174 e. The lowest BCUT2D eigenvalue weighted by Crippen LogP contribution is -2.12. The normalized spacial score (nSPS) is 14.2. The number of carbonyl (C=O) groups is 1. The number of fused-ring (bicyclic) bond motifs is 1. The Bertz CT molecular complexity index is 432. The lowest BCUT2D eigenvalue weighted by Gasteiger charge is -2.17. The summed E-state index contributed by atoms with van der Waals surface area (Å²) in [4.78, 5) is 11.6. The molecule has 0 fully saturated rings. The van der Waals surface area contributed by atoms with Crippen molar-refractivity contribution in [1.29, 1.82) is 5.26 Å². The van der Waals surface area contributed by atoms with Crippen molar-refractivity contribution in [2.75, 3.05) is 6.61 Å². The zero-order valence-electron chi connectivity index (χ0n) is 8.32. The molecule has 0 saturated heterocycles. The molecule has 0 N–H and O–H groups in total. The highest BCUT2D eigenvalue weighted by molar-refractivity contribution is 5.99. The number of Topliss-reactive ketones (excluding diaryl/α,β-unsaturated/α-hetero) is 1. The van der Waals surface area contributed by atoms with Gasteiger partial charge < -0.3 is 4.74 Å². The van der Waals surface area contributed by atoms with Gasteiger partial charge in [0.2, 0.25) is 0 Å². The van der Waals surface area contributed by atoms with Crippen LogP contribution in [-0.2, 0) is 6.42 Å². The molecule has 0 bridgehead atoms. The van der Waals surface area contributed by atoms with Gasteiger partial charge in [-0.15, -0.1) is 0 Å². The third-order valence-electron chi connectivity index (χ3n) is 2.56. The van der Waals surface area contributed by atoms with Gasteiger partial charge in [-0.3, -0.25) is 4.79 Å². The van der Waals surface area contributed by atoms with Crippen LogP contribution in [0.25, 0.3) is 0 Å². The summed E-state index contributed by atoms with van der Waals surface area (Å²) in [6, 6.07) is 7.37. The SMILES string of the molecule is N#CCOc1cccc2c1CCCC2=O. The molecule has 1 aliphatic rings. The van der Waals surface area contributed by atoms with Crippen LogP contribution < -0.4 is 4.74 Å². The van der Waals surface area contributed by atoms with E-state index in [4.69, 9.17) is 10.00 Å². The van der Waals surface area contributed by atoms with Crippen LogP contribution >= 0.6 is 0 Å². The Labute approximate surface area is 88.3 Å². The van der Waals surface area contributed by atoms with Crippen molar-refractivity contribution < 1.29 is 9.53 Å². The van der Waals surface area contributed by atoms with Crippen molar-refractivity contribution in [2.45, 2.75) is 19.3 Å². The summed E-state index contributed by atoms with van der Waals surface area (Å²) < 4.78 is 5.29. The maximum Gasteiger partial charge on any atom is 0.174 e. The van der Waals surface area contributed by atoms with Crippen LogP contribution in [0.4, 0.5) is 0 Å². The van der Waals surface area contributed by atoms with Crippen molar-refractivity contribution in [2.24, 2.45) is 0 Å². The molecular formula is C12H11NO2. The van der Waals surface area contributed by atoms with Gasteiger partial charge in [0.15, 0.2) is 12.4 Å². The zero-order valence-corrected chi connectivity index (χ0v) is 8.32. The standard InChI is InChI=1S/C12H11NO2/c13-7-8-15-12-6-2-3-9-10(12)4-1-5-11(9)14/h2-3,6H,1,4-5,8H2. The predicted molar refractivity (Wildman–Crippen MR) is 54.8 cm³/mol. The van der Waals surface area contributed by atoms with Gasteiger partial charge in [-0.2, -0.15) is 5.26 Å². The molecule has 3 heteroatoms. The Morgan fingerprint density at radius 1 is 1.40 bits per heavy atom. The first-order valence-corrected chi connectivity index (χ1v) is 4.98. The summed E-state index contributed by atoms with van der Waals surface area (Å²) in [5.41, 5.74) is 1.72. The highest BCUT2D eigenvalue weighted by Crippen LogP contribution is 2.29. The van der Waals surface area contributed by atoms with Gasteiger partial charge in [-0.25, -0.2) is 0 Å². The van der Waals surface area contributed by atoms with Gasteiger partial charge in [0, 0.05) is 17.5 Å². The van der Waals surface area contributed by atoms with Crippen LogP contribution in [0.1, 0.15) is 28.8 Å². The minimum atomic E-state index is 0.0324. The van der Waals surface area contributed by atoms with Crippen LogP contribution in [0.2, 0.25) is 0 Å². The third kappa shape index (κ3) is 1.84. The number of nitrogens with zero attached hydrogens (tertiary/aromatic N) is 1. The molecule has 0 atom stereocenters. The van der Waals surface area contributed by atoms with E-state index in [1.54, 1.807) is 6.07 Å². The monoisotopic (exact) mass is 201 g/mol. The van der Waals surface area contributed by atoms with Crippen LogP contribution in [-0.4, -0.2) is 12.4 Å². The van der Waals surface area contributed by atoms with E-state index in [0.29, 0.717) is 12.2 Å². The van der Waals surface area contributed by atoms with E-state index in [-0.39, 0.29) is 12.4 Å². The van der Waals surface area contributed by atoms with Gasteiger partial charge >= 0.3 is 0 Å². The number of carbonyl (C=O) groups excluding carboxylic acids is 1. The molecule has 0 aliphatic heterocycles. The number of hydrogen-bond acceptors (Lipinski definition) is 3. The number of ether oxygens (including phenoxy) is 1. The predicted octanol–water partition coefficient (Wildman–Crippen LogP) is 2.11. The number of ketones is 1. The molecule has 0 saturated carbocycles. The molecule has 0 radical (unpaired) electrons. The van der Waals surface area contributed by atoms with Crippen molar-refractivity contribution in [1.82, 2.24) is 0 Å². The molecule has 1 aromatic carbocycles. The second kappa shape index (κ2) is 4.14. The lowest BCUT2D eigenvalue weighted by molar-refractivity contribution is 0.0971. The first-order chi connectivity index (χ1) is 7.33. The first kappa shape index (κ1) is 9.72. The molecule has 1 aliphatic carbocycles. The molecule has 2 rings (SSSR count). The van der Waals surface area contributed by atoms with Gasteiger partial charge in [-0.1, -0.05) is 12.1 Å². The fourth-order valence-corrected chi connectivity index (χ4v) is 1.89. The molecule has 0 heterocycles. The average Bonchev–Trinajstić information content (AvgIpc) is 2.27.